The van der Waals surface area contributed by atoms with Crippen molar-refractivity contribution in [2.45, 2.75) is 12.5 Å². The Bertz CT molecular complexity index is 1240. The summed E-state index contributed by atoms with van der Waals surface area (Å²) in [6.45, 7) is 1.74. The Kier molecular flexibility index (Phi) is 12.0. The highest BCUT2D eigenvalue weighted by atomic mass is 35.5. The molecule has 0 saturated heterocycles. The first-order valence-corrected chi connectivity index (χ1v) is 13.5. The van der Waals surface area contributed by atoms with E-state index in [0.717, 1.165) is 41.5 Å². The Balaban J connectivity index is 0.00000481. The molecule has 1 amide bonds. The van der Waals surface area contributed by atoms with Crippen molar-refractivity contribution < 1.29 is 27.8 Å². The van der Waals surface area contributed by atoms with Gasteiger partial charge in [0.05, 0.1) is 24.5 Å². The third-order valence-electron chi connectivity index (χ3n) is 5.45. The topological polar surface area (TPSA) is 114 Å². The van der Waals surface area contributed by atoms with Gasteiger partial charge in [0.15, 0.2) is 0 Å². The first kappa shape index (κ1) is 30.3. The van der Waals surface area contributed by atoms with Crippen molar-refractivity contribution in [2.24, 2.45) is 0 Å². The minimum atomic E-state index is -3.71. The van der Waals surface area contributed by atoms with Crippen LogP contribution in [0.25, 0.3) is 11.1 Å². The molecule has 3 N–H and O–H groups in total. The van der Waals surface area contributed by atoms with Crippen LogP contribution in [-0.2, 0) is 21.2 Å². The van der Waals surface area contributed by atoms with Crippen LogP contribution in [0.3, 0.4) is 0 Å². The predicted molar refractivity (Wildman–Crippen MR) is 147 cm³/mol. The second-order valence-electron chi connectivity index (χ2n) is 8.33. The van der Waals surface area contributed by atoms with Crippen LogP contribution in [0.1, 0.15) is 27.6 Å². The summed E-state index contributed by atoms with van der Waals surface area (Å²) in [6, 6.07) is 22.6. The van der Waals surface area contributed by atoms with Crippen LogP contribution in [0.5, 0.6) is 5.75 Å². The van der Waals surface area contributed by atoms with Gasteiger partial charge in [0.1, 0.15) is 12.4 Å². The van der Waals surface area contributed by atoms with Crippen molar-refractivity contribution in [3.8, 4) is 16.9 Å². The molecular formula is C27H33ClN2O6S. The molecule has 0 fully saturated rings. The van der Waals surface area contributed by atoms with Crippen molar-refractivity contribution in [1.82, 2.24) is 10.0 Å². The zero-order chi connectivity index (χ0) is 26.0. The van der Waals surface area contributed by atoms with E-state index in [1.807, 2.05) is 59.3 Å². The highest BCUT2D eigenvalue weighted by Gasteiger charge is 2.17. The molecule has 0 spiro atoms. The summed E-state index contributed by atoms with van der Waals surface area (Å²) in [5.74, 6) is -0.479. The Morgan fingerprint density at radius 2 is 1.65 bits per heavy atom. The van der Waals surface area contributed by atoms with Crippen LogP contribution in [-0.4, -0.2) is 59.1 Å². The van der Waals surface area contributed by atoms with E-state index in [2.05, 4.69) is 5.32 Å². The summed E-state index contributed by atoms with van der Waals surface area (Å²) in [7, 11) is -2.17. The van der Waals surface area contributed by atoms with Gasteiger partial charge in [-0.2, -0.15) is 0 Å². The van der Waals surface area contributed by atoms with E-state index in [0.29, 0.717) is 13.2 Å². The Morgan fingerprint density at radius 1 is 0.973 bits per heavy atom. The number of hydrogen-bond acceptors (Lipinski definition) is 7. The number of rotatable bonds is 13. The molecule has 0 unspecified atom stereocenters. The number of aliphatic hydroxyl groups excluding tert-OH is 1. The normalized spacial score (nSPS) is 11.9. The molecule has 0 aromatic heterocycles. The number of carbonyl (C=O) groups is 1. The lowest BCUT2D eigenvalue weighted by atomic mass is 10.0. The number of benzene rings is 3. The molecule has 0 aliphatic rings. The summed E-state index contributed by atoms with van der Waals surface area (Å²) in [6.07, 6.45) is 1.18. The molecule has 3 aromatic rings. The van der Waals surface area contributed by atoms with Crippen molar-refractivity contribution in [3.05, 3.63) is 89.5 Å². The lowest BCUT2D eigenvalue weighted by Crippen LogP contribution is -2.29. The Morgan fingerprint density at radius 3 is 2.30 bits per heavy atom. The fourth-order valence-corrected chi connectivity index (χ4v) is 4.04. The second-order valence-corrected chi connectivity index (χ2v) is 10.1. The van der Waals surface area contributed by atoms with E-state index in [1.54, 1.807) is 25.3 Å². The first-order chi connectivity index (χ1) is 17.3. The quantitative estimate of drug-likeness (QED) is 0.281. The van der Waals surface area contributed by atoms with Gasteiger partial charge in [-0.25, -0.2) is 13.1 Å². The third kappa shape index (κ3) is 9.79. The maximum atomic E-state index is 12.4. The summed E-state index contributed by atoms with van der Waals surface area (Å²) in [5.41, 5.74) is 3.91. The summed E-state index contributed by atoms with van der Waals surface area (Å²) < 4.78 is 35.7. The van der Waals surface area contributed by atoms with Gasteiger partial charge >= 0.3 is 0 Å². The van der Waals surface area contributed by atoms with E-state index >= 15 is 0 Å². The number of hydrogen-bond donors (Lipinski definition) is 3. The van der Waals surface area contributed by atoms with Gasteiger partial charge in [-0.05, 0) is 47.4 Å². The van der Waals surface area contributed by atoms with Crippen LogP contribution in [0.4, 0.5) is 0 Å². The molecule has 0 radical (unpaired) electrons. The summed E-state index contributed by atoms with van der Waals surface area (Å²) in [4.78, 5) is 12.4. The van der Waals surface area contributed by atoms with Gasteiger partial charge in [-0.1, -0.05) is 60.7 Å². The van der Waals surface area contributed by atoms with Crippen molar-refractivity contribution in [3.63, 3.8) is 0 Å². The smallest absolute Gasteiger partial charge is 0.268 e. The Hall–Kier alpha value is -2.95. The molecule has 1 atom stereocenters. The van der Waals surface area contributed by atoms with Gasteiger partial charge in [-0.15, -0.1) is 12.4 Å². The molecule has 0 aliphatic carbocycles. The minimum absolute atomic E-state index is 0. The van der Waals surface area contributed by atoms with Gasteiger partial charge in [0, 0.05) is 13.7 Å². The molecule has 0 saturated carbocycles. The van der Waals surface area contributed by atoms with Crippen molar-refractivity contribution in [2.75, 3.05) is 39.7 Å². The fourth-order valence-electron chi connectivity index (χ4n) is 3.60. The van der Waals surface area contributed by atoms with Crippen LogP contribution in [0.15, 0.2) is 72.8 Å². The second kappa shape index (κ2) is 14.7. The largest absolute Gasteiger partial charge is 0.490 e. The van der Waals surface area contributed by atoms with E-state index < -0.39 is 22.0 Å². The number of methoxy groups -OCH3 is 1. The number of ether oxygens (including phenoxy) is 2. The molecular weight excluding hydrogens is 516 g/mol. The highest BCUT2D eigenvalue weighted by Crippen LogP contribution is 2.28. The molecule has 3 aromatic carbocycles. The lowest BCUT2D eigenvalue weighted by molar-refractivity contribution is 0.0973. The molecule has 0 aliphatic heterocycles. The molecule has 200 valence electrons. The molecule has 37 heavy (non-hydrogen) atoms. The highest BCUT2D eigenvalue weighted by molar-refractivity contribution is 7.89. The Labute approximate surface area is 224 Å². The predicted octanol–water partition coefficient (Wildman–Crippen LogP) is 3.36. The number of carbonyl (C=O) groups excluding carboxylic acids is 1. The van der Waals surface area contributed by atoms with E-state index in [4.69, 9.17) is 9.47 Å². The number of amides is 1. The van der Waals surface area contributed by atoms with E-state index in [1.165, 1.54) is 0 Å². The molecule has 8 nitrogen and oxygen atoms in total. The average molecular weight is 549 g/mol. The minimum Gasteiger partial charge on any atom is -0.490 e. The molecule has 0 bridgehead atoms. The zero-order valence-corrected chi connectivity index (χ0v) is 22.5. The summed E-state index contributed by atoms with van der Waals surface area (Å²) in [5, 5.41) is 13.5. The van der Waals surface area contributed by atoms with Gasteiger partial charge in [0.25, 0.3) is 5.91 Å². The lowest BCUT2D eigenvalue weighted by Gasteiger charge is -2.14. The molecule has 10 heteroatoms. The van der Waals surface area contributed by atoms with E-state index in [9.17, 15) is 18.3 Å². The SMILES string of the molecule is COCCOc1cc(-c2ccc(CCNC[C@H](O)c3ccccc3)cc2)ccc1C(=O)NS(C)(=O)=O.Cl. The van der Waals surface area contributed by atoms with Crippen LogP contribution >= 0.6 is 12.4 Å². The standard InChI is InChI=1S/C27H32N2O6S.ClH/c1-34-16-17-35-26-18-23(12-13-24(26)27(31)29-36(2,32)33)21-10-8-20(9-11-21)14-15-28-19-25(30)22-6-4-3-5-7-22;/h3-13,18,25,28,30H,14-17,19H2,1-2H3,(H,29,31);1H/t25-;/m0./s1. The monoisotopic (exact) mass is 548 g/mol. The molecule has 3 rings (SSSR count). The maximum absolute atomic E-state index is 12.4. The summed E-state index contributed by atoms with van der Waals surface area (Å²) >= 11 is 0. The van der Waals surface area contributed by atoms with Gasteiger partial charge in [-0.3, -0.25) is 4.79 Å². The van der Waals surface area contributed by atoms with Gasteiger partial charge < -0.3 is 19.9 Å². The number of halogens is 1. The van der Waals surface area contributed by atoms with Crippen LogP contribution in [0.2, 0.25) is 0 Å². The first-order valence-electron chi connectivity index (χ1n) is 11.6. The van der Waals surface area contributed by atoms with Crippen molar-refractivity contribution >= 4 is 28.3 Å². The van der Waals surface area contributed by atoms with Crippen molar-refractivity contribution in [1.29, 1.82) is 0 Å². The average Bonchev–Trinajstić information content (AvgIpc) is 2.86. The van der Waals surface area contributed by atoms with E-state index in [-0.39, 0.29) is 30.3 Å². The number of sulfonamides is 1. The zero-order valence-electron chi connectivity index (χ0n) is 20.8. The molecule has 0 heterocycles. The van der Waals surface area contributed by atoms with Gasteiger partial charge in [0.2, 0.25) is 10.0 Å². The maximum Gasteiger partial charge on any atom is 0.268 e. The number of nitrogens with one attached hydrogen (secondary N) is 2. The van der Waals surface area contributed by atoms with Crippen LogP contribution < -0.4 is 14.8 Å². The third-order valence-corrected chi connectivity index (χ3v) is 6.01. The fraction of sp³-hybridized carbons (Fsp3) is 0.296. The van der Waals surface area contributed by atoms with Crippen LogP contribution in [0, 0.1) is 0 Å². The number of aliphatic hydroxyl groups is 1.